The first kappa shape index (κ1) is 16.6. The van der Waals surface area contributed by atoms with Gasteiger partial charge in [0.05, 0.1) is 0 Å². The monoisotopic (exact) mass is 322 g/mol. The normalized spacial score (nSPS) is 22.0. The van der Waals surface area contributed by atoms with E-state index in [0.29, 0.717) is 11.0 Å². The Morgan fingerprint density at radius 3 is 2.76 bits per heavy atom. The summed E-state index contributed by atoms with van der Waals surface area (Å²) in [6.07, 6.45) is 6.51. The Morgan fingerprint density at radius 2 is 2.10 bits per heavy atom. The van der Waals surface area contributed by atoms with E-state index in [4.69, 9.17) is 18.0 Å². The lowest BCUT2D eigenvalue weighted by atomic mass is 9.82. The number of thiocarbonyl (C=S) groups is 1. The minimum Gasteiger partial charge on any atom is -0.389 e. The summed E-state index contributed by atoms with van der Waals surface area (Å²) in [6.45, 7) is 4.45. The van der Waals surface area contributed by atoms with Crippen molar-refractivity contribution in [3.05, 3.63) is 23.8 Å². The van der Waals surface area contributed by atoms with Gasteiger partial charge in [-0.1, -0.05) is 51.4 Å². The van der Waals surface area contributed by atoms with E-state index in [2.05, 4.69) is 37.4 Å². The number of nitrogens with one attached hydrogen (secondary N) is 1. The standard InChI is InChI=1S/C17H26N2S2/c1-3-12-8-5-6-9-13(12)19-14-10-7-11-15(21-4-2)16(14)17(18)20/h7,10-13,19H,3-6,8-9H2,1-2H3,(H2,18,20). The van der Waals surface area contributed by atoms with E-state index in [0.717, 1.165) is 22.9 Å². The lowest BCUT2D eigenvalue weighted by Gasteiger charge is -2.33. The molecule has 1 aliphatic rings. The van der Waals surface area contributed by atoms with Crippen molar-refractivity contribution >= 4 is 34.7 Å². The molecule has 2 atom stereocenters. The first-order chi connectivity index (χ1) is 10.2. The zero-order chi connectivity index (χ0) is 15.2. The zero-order valence-electron chi connectivity index (χ0n) is 13.0. The van der Waals surface area contributed by atoms with Crippen LogP contribution in [-0.4, -0.2) is 16.8 Å². The Morgan fingerprint density at radius 1 is 1.33 bits per heavy atom. The van der Waals surface area contributed by atoms with Crippen molar-refractivity contribution in [3.63, 3.8) is 0 Å². The molecule has 21 heavy (non-hydrogen) atoms. The summed E-state index contributed by atoms with van der Waals surface area (Å²) in [7, 11) is 0. The van der Waals surface area contributed by atoms with Gasteiger partial charge in [0.1, 0.15) is 4.99 Å². The number of benzene rings is 1. The predicted octanol–water partition coefficient (Wildman–Crippen LogP) is 4.81. The van der Waals surface area contributed by atoms with E-state index in [1.165, 1.54) is 37.0 Å². The summed E-state index contributed by atoms with van der Waals surface area (Å²) in [4.78, 5) is 1.69. The molecule has 3 N–H and O–H groups in total. The van der Waals surface area contributed by atoms with Crippen LogP contribution in [0.3, 0.4) is 0 Å². The van der Waals surface area contributed by atoms with Gasteiger partial charge in [-0.25, -0.2) is 0 Å². The van der Waals surface area contributed by atoms with Crippen LogP contribution in [0.5, 0.6) is 0 Å². The smallest absolute Gasteiger partial charge is 0.107 e. The van der Waals surface area contributed by atoms with Gasteiger partial charge in [0.15, 0.2) is 0 Å². The van der Waals surface area contributed by atoms with Gasteiger partial charge in [-0.15, -0.1) is 11.8 Å². The fourth-order valence-corrected chi connectivity index (χ4v) is 4.40. The van der Waals surface area contributed by atoms with Gasteiger partial charge in [-0.05, 0) is 36.6 Å². The molecule has 0 aromatic heterocycles. The molecule has 1 aromatic rings. The van der Waals surface area contributed by atoms with Crippen LogP contribution in [-0.2, 0) is 0 Å². The number of hydrogen-bond donors (Lipinski definition) is 2. The fourth-order valence-electron chi connectivity index (χ4n) is 3.27. The topological polar surface area (TPSA) is 38.0 Å². The Kier molecular flexibility index (Phi) is 6.37. The van der Waals surface area contributed by atoms with Crippen LogP contribution in [0.25, 0.3) is 0 Å². The van der Waals surface area contributed by atoms with Crippen molar-refractivity contribution in [1.29, 1.82) is 0 Å². The van der Waals surface area contributed by atoms with Crippen LogP contribution in [0.4, 0.5) is 5.69 Å². The third-order valence-corrected chi connectivity index (χ3v) is 5.49. The van der Waals surface area contributed by atoms with Crippen LogP contribution in [0.1, 0.15) is 51.5 Å². The Bertz CT molecular complexity index is 488. The number of nitrogens with two attached hydrogens (primary N) is 1. The summed E-state index contributed by atoms with van der Waals surface area (Å²) in [5.41, 5.74) is 8.14. The van der Waals surface area contributed by atoms with Gasteiger partial charge in [0, 0.05) is 22.2 Å². The molecule has 1 saturated carbocycles. The highest BCUT2D eigenvalue weighted by molar-refractivity contribution is 7.99. The van der Waals surface area contributed by atoms with Crippen molar-refractivity contribution in [2.75, 3.05) is 11.1 Å². The second-order valence-electron chi connectivity index (χ2n) is 5.68. The molecule has 4 heteroatoms. The van der Waals surface area contributed by atoms with Gasteiger partial charge < -0.3 is 11.1 Å². The maximum absolute atomic E-state index is 6.00. The molecule has 0 radical (unpaired) electrons. The van der Waals surface area contributed by atoms with Gasteiger partial charge in [0.2, 0.25) is 0 Å². The molecule has 0 heterocycles. The summed E-state index contributed by atoms with van der Waals surface area (Å²) < 4.78 is 0. The highest BCUT2D eigenvalue weighted by atomic mass is 32.2. The highest BCUT2D eigenvalue weighted by Gasteiger charge is 2.24. The van der Waals surface area contributed by atoms with Crippen molar-refractivity contribution in [2.45, 2.75) is 56.9 Å². The van der Waals surface area contributed by atoms with Crippen LogP contribution >= 0.6 is 24.0 Å². The summed E-state index contributed by atoms with van der Waals surface area (Å²) >= 11 is 7.11. The lowest BCUT2D eigenvalue weighted by molar-refractivity contribution is 0.317. The first-order valence-corrected chi connectivity index (χ1v) is 9.38. The van der Waals surface area contributed by atoms with Crippen molar-refractivity contribution in [2.24, 2.45) is 11.7 Å². The molecule has 2 rings (SSSR count). The molecule has 2 nitrogen and oxygen atoms in total. The number of thioether (sulfide) groups is 1. The van der Waals surface area contributed by atoms with Gasteiger partial charge in [0.25, 0.3) is 0 Å². The molecule has 1 aromatic carbocycles. The van der Waals surface area contributed by atoms with E-state index in [1.807, 2.05) is 0 Å². The fraction of sp³-hybridized carbons (Fsp3) is 0.588. The van der Waals surface area contributed by atoms with Crippen molar-refractivity contribution in [1.82, 2.24) is 0 Å². The van der Waals surface area contributed by atoms with Gasteiger partial charge in [-0.3, -0.25) is 0 Å². The van der Waals surface area contributed by atoms with E-state index in [9.17, 15) is 0 Å². The maximum Gasteiger partial charge on any atom is 0.107 e. The van der Waals surface area contributed by atoms with E-state index < -0.39 is 0 Å². The number of anilines is 1. The molecule has 0 saturated heterocycles. The SMILES string of the molecule is CCSc1cccc(NC2CCCCC2CC)c1C(N)=S. The maximum atomic E-state index is 6.00. The van der Waals surface area contributed by atoms with Gasteiger partial charge >= 0.3 is 0 Å². The Balaban J connectivity index is 2.26. The third-order valence-electron chi connectivity index (χ3n) is 4.35. The number of hydrogen-bond acceptors (Lipinski definition) is 3. The minimum absolute atomic E-state index is 0.498. The molecular formula is C17H26N2S2. The Labute approximate surface area is 138 Å². The highest BCUT2D eigenvalue weighted by Crippen LogP contribution is 2.33. The molecule has 0 amide bonds. The summed E-state index contributed by atoms with van der Waals surface area (Å²) in [5.74, 6) is 1.79. The van der Waals surface area contributed by atoms with Crippen LogP contribution in [0.15, 0.2) is 23.1 Å². The molecular weight excluding hydrogens is 296 g/mol. The summed E-state index contributed by atoms with van der Waals surface area (Å²) in [6, 6.07) is 6.90. The Hall–Kier alpha value is -0.740. The summed E-state index contributed by atoms with van der Waals surface area (Å²) in [5, 5.41) is 3.75. The second-order valence-corrected chi connectivity index (χ2v) is 7.43. The molecule has 0 aliphatic heterocycles. The third kappa shape index (κ3) is 4.13. The number of rotatable bonds is 6. The van der Waals surface area contributed by atoms with E-state index in [-0.39, 0.29) is 0 Å². The molecule has 1 aliphatic carbocycles. The minimum atomic E-state index is 0.498. The zero-order valence-corrected chi connectivity index (χ0v) is 14.7. The molecule has 0 spiro atoms. The molecule has 2 unspecified atom stereocenters. The largest absolute Gasteiger partial charge is 0.389 e. The van der Waals surface area contributed by atoms with E-state index >= 15 is 0 Å². The van der Waals surface area contributed by atoms with Crippen molar-refractivity contribution in [3.8, 4) is 0 Å². The second kappa shape index (κ2) is 8.04. The van der Waals surface area contributed by atoms with Crippen LogP contribution < -0.4 is 11.1 Å². The average Bonchev–Trinajstić information content (AvgIpc) is 2.48. The molecule has 0 bridgehead atoms. The predicted molar refractivity (Wildman–Crippen MR) is 98.4 cm³/mol. The van der Waals surface area contributed by atoms with Gasteiger partial charge in [-0.2, -0.15) is 0 Å². The van der Waals surface area contributed by atoms with Crippen LogP contribution in [0.2, 0.25) is 0 Å². The van der Waals surface area contributed by atoms with Crippen LogP contribution in [0, 0.1) is 5.92 Å². The van der Waals surface area contributed by atoms with Crippen molar-refractivity contribution < 1.29 is 0 Å². The quantitative estimate of drug-likeness (QED) is 0.582. The average molecular weight is 323 g/mol. The first-order valence-electron chi connectivity index (χ1n) is 7.99. The van der Waals surface area contributed by atoms with E-state index in [1.54, 1.807) is 11.8 Å². The molecule has 1 fully saturated rings. The lowest BCUT2D eigenvalue weighted by Crippen LogP contribution is -2.32. The molecule has 116 valence electrons.